The number of hydrogen-bond acceptors (Lipinski definition) is 8. The monoisotopic (exact) mass is 593 g/mol. The molecule has 1 heterocycles. The average Bonchev–Trinajstić information content (AvgIpc) is 3.47. The van der Waals surface area contributed by atoms with Gasteiger partial charge in [-0.15, -0.1) is 0 Å². The quantitative estimate of drug-likeness (QED) is 0.0892. The first-order valence-corrected chi connectivity index (χ1v) is 15.2. The van der Waals surface area contributed by atoms with Gasteiger partial charge in [0.05, 0.1) is 12.9 Å². The number of H-pyrrole nitrogens is 1. The maximum Gasteiger partial charge on any atom is 0.243 e. The van der Waals surface area contributed by atoms with E-state index < -0.39 is 12.1 Å². The molecule has 7 N–H and O–H groups in total. The van der Waals surface area contributed by atoms with Crippen LogP contribution in [0.15, 0.2) is 12.5 Å². The molecule has 1 rings (SSSR count). The molecule has 0 aromatic carbocycles. The molecule has 0 bridgehead atoms. The Morgan fingerprint density at radius 2 is 1.52 bits per heavy atom. The number of carbonyl (C=O) groups is 4. The number of nitrogens with zero attached hydrogens (tertiary/aromatic N) is 2. The first-order chi connectivity index (χ1) is 20.0. The molecule has 0 saturated heterocycles. The Morgan fingerprint density at radius 1 is 0.881 bits per heavy atom. The molecule has 13 heteroatoms. The zero-order valence-corrected chi connectivity index (χ0v) is 26.6. The molecular weight excluding hydrogens is 538 g/mol. The third kappa shape index (κ3) is 14.7. The number of hydrogen-bond donors (Lipinski definition) is 7. The Hall–Kier alpha value is -3.03. The second-order valence-corrected chi connectivity index (χ2v) is 11.4. The SMILES string of the molecule is CCC(C)[C@H](NC(=O)[C@@H](C)Cc1cnc[nH]1)C(=O)N[C@@H](CC(C)C)C(=O)NCCNC(=O)CN(CCNC)CCNC. The van der Waals surface area contributed by atoms with Gasteiger partial charge >= 0.3 is 0 Å². The maximum absolute atomic E-state index is 13.4. The van der Waals surface area contributed by atoms with Crippen LogP contribution in [-0.2, 0) is 25.6 Å². The van der Waals surface area contributed by atoms with E-state index in [-0.39, 0.29) is 61.0 Å². The fourth-order valence-electron chi connectivity index (χ4n) is 4.36. The Morgan fingerprint density at radius 3 is 2.07 bits per heavy atom. The van der Waals surface area contributed by atoms with Gasteiger partial charge < -0.3 is 36.9 Å². The third-order valence-corrected chi connectivity index (χ3v) is 7.13. The molecule has 1 aromatic rings. The van der Waals surface area contributed by atoms with E-state index in [9.17, 15) is 19.2 Å². The summed E-state index contributed by atoms with van der Waals surface area (Å²) < 4.78 is 0. The molecule has 240 valence electrons. The molecule has 0 aliphatic heterocycles. The summed E-state index contributed by atoms with van der Waals surface area (Å²) in [5.41, 5.74) is 0.840. The molecule has 4 amide bonds. The molecule has 1 aromatic heterocycles. The Kier molecular flexibility index (Phi) is 18.3. The lowest BCUT2D eigenvalue weighted by atomic mass is 9.95. The molecule has 0 aliphatic carbocycles. The predicted molar refractivity (Wildman–Crippen MR) is 165 cm³/mol. The Bertz CT molecular complexity index is 918. The average molecular weight is 594 g/mol. The van der Waals surface area contributed by atoms with Crippen LogP contribution in [0.3, 0.4) is 0 Å². The molecule has 0 aliphatic rings. The van der Waals surface area contributed by atoms with Crippen molar-refractivity contribution >= 4 is 23.6 Å². The second-order valence-electron chi connectivity index (χ2n) is 11.4. The van der Waals surface area contributed by atoms with Crippen molar-refractivity contribution in [2.24, 2.45) is 17.8 Å². The van der Waals surface area contributed by atoms with Gasteiger partial charge in [0.1, 0.15) is 12.1 Å². The van der Waals surface area contributed by atoms with Crippen molar-refractivity contribution < 1.29 is 19.2 Å². The van der Waals surface area contributed by atoms with Crippen molar-refractivity contribution in [3.05, 3.63) is 18.2 Å². The fourth-order valence-corrected chi connectivity index (χ4v) is 4.36. The van der Waals surface area contributed by atoms with Crippen molar-refractivity contribution in [2.75, 3.05) is 59.9 Å². The van der Waals surface area contributed by atoms with E-state index in [0.717, 1.165) is 31.9 Å². The van der Waals surface area contributed by atoms with Crippen molar-refractivity contribution in [3.8, 4) is 0 Å². The van der Waals surface area contributed by atoms with Crippen molar-refractivity contribution in [1.29, 1.82) is 0 Å². The van der Waals surface area contributed by atoms with Gasteiger partial charge in [-0.1, -0.05) is 41.0 Å². The summed E-state index contributed by atoms with van der Waals surface area (Å²) in [7, 11) is 3.75. The highest BCUT2D eigenvalue weighted by molar-refractivity contribution is 5.92. The first kappa shape index (κ1) is 37.0. The highest BCUT2D eigenvalue weighted by Crippen LogP contribution is 2.13. The molecule has 1 unspecified atom stereocenters. The molecule has 0 fully saturated rings. The van der Waals surface area contributed by atoms with Crippen molar-refractivity contribution in [3.63, 3.8) is 0 Å². The van der Waals surface area contributed by atoms with E-state index in [0.29, 0.717) is 19.3 Å². The van der Waals surface area contributed by atoms with Gasteiger partial charge in [0.15, 0.2) is 0 Å². The van der Waals surface area contributed by atoms with Crippen LogP contribution >= 0.6 is 0 Å². The lowest BCUT2D eigenvalue weighted by Gasteiger charge is -2.28. The molecular formula is C29H55N9O4. The number of aromatic nitrogens is 2. The van der Waals surface area contributed by atoms with Gasteiger partial charge in [-0.2, -0.15) is 0 Å². The summed E-state index contributed by atoms with van der Waals surface area (Å²) in [4.78, 5) is 60.9. The van der Waals surface area contributed by atoms with Crippen molar-refractivity contribution in [1.82, 2.24) is 46.8 Å². The van der Waals surface area contributed by atoms with Crippen LogP contribution in [0.1, 0.15) is 53.2 Å². The summed E-state index contributed by atoms with van der Waals surface area (Å²) >= 11 is 0. The van der Waals surface area contributed by atoms with Gasteiger partial charge in [0.25, 0.3) is 0 Å². The molecule has 13 nitrogen and oxygen atoms in total. The summed E-state index contributed by atoms with van der Waals surface area (Å²) in [6.07, 6.45) is 4.83. The van der Waals surface area contributed by atoms with Gasteiger partial charge in [-0.3, -0.25) is 24.1 Å². The summed E-state index contributed by atoms with van der Waals surface area (Å²) in [5, 5.41) is 17.7. The summed E-state index contributed by atoms with van der Waals surface area (Å²) in [6, 6.07) is -1.54. The number of carbonyl (C=O) groups excluding carboxylic acids is 4. The van der Waals surface area contributed by atoms with Crippen LogP contribution in [0.5, 0.6) is 0 Å². The number of amides is 4. The van der Waals surface area contributed by atoms with E-state index in [1.54, 1.807) is 19.4 Å². The van der Waals surface area contributed by atoms with Crippen LogP contribution < -0.4 is 31.9 Å². The number of nitrogens with one attached hydrogen (secondary N) is 7. The van der Waals surface area contributed by atoms with E-state index in [4.69, 9.17) is 0 Å². The minimum atomic E-state index is -0.776. The molecule has 0 radical (unpaired) electrons. The fraction of sp³-hybridized carbons (Fsp3) is 0.759. The van der Waals surface area contributed by atoms with Crippen LogP contribution in [-0.4, -0.2) is 110 Å². The van der Waals surface area contributed by atoms with Gasteiger partial charge in [0.2, 0.25) is 23.6 Å². The number of imidazole rings is 1. The highest BCUT2D eigenvalue weighted by atomic mass is 16.2. The smallest absolute Gasteiger partial charge is 0.243 e. The molecule has 42 heavy (non-hydrogen) atoms. The molecule has 4 atom stereocenters. The van der Waals surface area contributed by atoms with Gasteiger partial charge in [-0.05, 0) is 32.4 Å². The largest absolute Gasteiger partial charge is 0.353 e. The topological polar surface area (TPSA) is 172 Å². The van der Waals surface area contributed by atoms with E-state index in [1.807, 2.05) is 41.8 Å². The zero-order chi connectivity index (χ0) is 31.5. The second kappa shape index (κ2) is 20.8. The summed E-state index contributed by atoms with van der Waals surface area (Å²) in [5.74, 6) is -1.41. The Labute approximate surface area is 251 Å². The molecule has 0 spiro atoms. The number of aromatic amines is 1. The van der Waals surface area contributed by atoms with Crippen LogP contribution in [0, 0.1) is 17.8 Å². The van der Waals surface area contributed by atoms with E-state index >= 15 is 0 Å². The minimum absolute atomic E-state index is 0.114. The zero-order valence-electron chi connectivity index (χ0n) is 26.6. The molecule has 0 saturated carbocycles. The lowest BCUT2D eigenvalue weighted by molar-refractivity contribution is -0.134. The van der Waals surface area contributed by atoms with Gasteiger partial charge in [0, 0.05) is 63.5 Å². The standard InChI is InChI=1S/C29H55N9O4/c1-8-21(4)26(37-27(40)22(5)16-23-17-32-19-35-23)29(42)36-24(15-20(2)3)28(41)34-10-9-33-25(39)18-38(13-11-30-6)14-12-31-7/h17,19-22,24,26,30-31H,8-16,18H2,1-7H3,(H,32,35)(H,33,39)(H,34,41)(H,36,42)(H,37,40)/t21?,22-,24-,26-/m0/s1. The first-order valence-electron chi connectivity index (χ1n) is 15.2. The Balaban J connectivity index is 2.69. The maximum atomic E-state index is 13.4. The van der Waals surface area contributed by atoms with Crippen LogP contribution in [0.2, 0.25) is 0 Å². The predicted octanol–water partition coefficient (Wildman–Crippen LogP) is -0.377. The number of likely N-dealkylation sites (N-methyl/N-ethyl adjacent to an activating group) is 2. The van der Waals surface area contributed by atoms with E-state index in [2.05, 4.69) is 46.8 Å². The lowest BCUT2D eigenvalue weighted by Crippen LogP contribution is -2.57. The normalized spacial score (nSPS) is 14.2. The van der Waals surface area contributed by atoms with E-state index in [1.165, 1.54) is 0 Å². The summed E-state index contributed by atoms with van der Waals surface area (Å²) in [6.45, 7) is 13.5. The highest BCUT2D eigenvalue weighted by Gasteiger charge is 2.31. The third-order valence-electron chi connectivity index (χ3n) is 7.13. The van der Waals surface area contributed by atoms with Gasteiger partial charge in [-0.25, -0.2) is 4.98 Å². The van der Waals surface area contributed by atoms with Crippen molar-refractivity contribution in [2.45, 2.75) is 66.0 Å². The number of rotatable bonds is 22. The minimum Gasteiger partial charge on any atom is -0.353 e. The van der Waals surface area contributed by atoms with Crippen LogP contribution in [0.25, 0.3) is 0 Å². The van der Waals surface area contributed by atoms with Crippen LogP contribution in [0.4, 0.5) is 0 Å².